The van der Waals surface area contributed by atoms with E-state index < -0.39 is 0 Å². The molecule has 1 heterocycles. The summed E-state index contributed by atoms with van der Waals surface area (Å²) in [7, 11) is 0. The van der Waals surface area contributed by atoms with Crippen LogP contribution in [0, 0.1) is 0 Å². The zero-order chi connectivity index (χ0) is 12.2. The molecular weight excluding hydrogens is 260 g/mol. The number of rotatable bonds is 6. The van der Waals surface area contributed by atoms with Crippen molar-refractivity contribution in [1.29, 1.82) is 0 Å². The lowest BCUT2D eigenvalue weighted by Crippen LogP contribution is -2.15. The van der Waals surface area contributed by atoms with Gasteiger partial charge in [0.2, 0.25) is 0 Å². The standard InChI is InChI=1S/C14H16N2S2/c1-2-4-13(5-3-1)17-10-14-16-12(9-18-14)8-15-11-6-7-11/h1-5,9,11,15H,6-8,10H2. The second kappa shape index (κ2) is 5.87. The third-order valence-electron chi connectivity index (χ3n) is 2.85. The number of hydrogen-bond acceptors (Lipinski definition) is 4. The SMILES string of the molecule is c1ccc(SCc2nc(CNC3CC3)cs2)cc1. The topological polar surface area (TPSA) is 24.9 Å². The van der Waals surface area contributed by atoms with Gasteiger partial charge in [0.15, 0.2) is 0 Å². The van der Waals surface area contributed by atoms with Crippen molar-refractivity contribution in [2.45, 2.75) is 36.1 Å². The number of nitrogens with zero attached hydrogens (tertiary/aromatic N) is 1. The molecule has 1 aromatic heterocycles. The van der Waals surface area contributed by atoms with Crippen LogP contribution < -0.4 is 5.32 Å². The van der Waals surface area contributed by atoms with E-state index in [0.29, 0.717) is 0 Å². The molecule has 2 nitrogen and oxygen atoms in total. The Morgan fingerprint density at radius 2 is 2.11 bits per heavy atom. The molecule has 0 atom stereocenters. The summed E-state index contributed by atoms with van der Waals surface area (Å²) < 4.78 is 0. The number of thiazole rings is 1. The monoisotopic (exact) mass is 276 g/mol. The van der Waals surface area contributed by atoms with Gasteiger partial charge >= 0.3 is 0 Å². The largest absolute Gasteiger partial charge is 0.308 e. The molecule has 2 aromatic rings. The summed E-state index contributed by atoms with van der Waals surface area (Å²) in [6, 6.07) is 11.3. The molecule has 1 aliphatic carbocycles. The van der Waals surface area contributed by atoms with Crippen molar-refractivity contribution in [2.75, 3.05) is 0 Å². The number of aromatic nitrogens is 1. The van der Waals surface area contributed by atoms with Gasteiger partial charge in [-0.2, -0.15) is 0 Å². The molecule has 0 spiro atoms. The van der Waals surface area contributed by atoms with Crippen LogP contribution in [0.2, 0.25) is 0 Å². The maximum Gasteiger partial charge on any atom is 0.103 e. The average molecular weight is 276 g/mol. The molecule has 1 fully saturated rings. The van der Waals surface area contributed by atoms with Gasteiger partial charge in [0, 0.05) is 22.9 Å². The number of benzene rings is 1. The lowest BCUT2D eigenvalue weighted by molar-refractivity contribution is 0.676. The van der Waals surface area contributed by atoms with E-state index in [1.54, 1.807) is 11.3 Å². The Bertz CT molecular complexity index is 492. The van der Waals surface area contributed by atoms with Gasteiger partial charge in [0.05, 0.1) is 11.4 Å². The number of nitrogens with one attached hydrogen (secondary N) is 1. The highest BCUT2D eigenvalue weighted by molar-refractivity contribution is 7.98. The van der Waals surface area contributed by atoms with E-state index in [1.807, 2.05) is 11.8 Å². The molecule has 1 N–H and O–H groups in total. The first kappa shape index (κ1) is 12.2. The number of thioether (sulfide) groups is 1. The molecule has 3 rings (SSSR count). The highest BCUT2D eigenvalue weighted by Gasteiger charge is 2.20. The predicted octanol–water partition coefficient (Wildman–Crippen LogP) is 3.69. The smallest absolute Gasteiger partial charge is 0.103 e. The molecule has 1 saturated carbocycles. The van der Waals surface area contributed by atoms with Gasteiger partial charge in [0.1, 0.15) is 5.01 Å². The van der Waals surface area contributed by atoms with E-state index >= 15 is 0 Å². The van der Waals surface area contributed by atoms with Gasteiger partial charge in [-0.1, -0.05) is 18.2 Å². The Balaban J connectivity index is 1.50. The van der Waals surface area contributed by atoms with Crippen LogP contribution in [0.25, 0.3) is 0 Å². The van der Waals surface area contributed by atoms with Crippen LogP contribution in [0.15, 0.2) is 40.6 Å². The summed E-state index contributed by atoms with van der Waals surface area (Å²) in [4.78, 5) is 5.97. The summed E-state index contributed by atoms with van der Waals surface area (Å²) in [6.45, 7) is 0.928. The predicted molar refractivity (Wildman–Crippen MR) is 78.0 cm³/mol. The molecule has 0 saturated heterocycles. The minimum Gasteiger partial charge on any atom is -0.308 e. The highest BCUT2D eigenvalue weighted by Crippen LogP contribution is 2.24. The second-order valence-electron chi connectivity index (χ2n) is 4.49. The highest BCUT2D eigenvalue weighted by atomic mass is 32.2. The minimum atomic E-state index is 0.758. The van der Waals surface area contributed by atoms with Crippen LogP contribution in [0.4, 0.5) is 0 Å². The molecule has 0 aliphatic heterocycles. The zero-order valence-electron chi connectivity index (χ0n) is 10.1. The van der Waals surface area contributed by atoms with E-state index in [1.165, 1.54) is 28.4 Å². The van der Waals surface area contributed by atoms with Gasteiger partial charge in [-0.25, -0.2) is 4.98 Å². The molecule has 1 aliphatic rings. The van der Waals surface area contributed by atoms with Gasteiger partial charge in [0.25, 0.3) is 0 Å². The zero-order valence-corrected chi connectivity index (χ0v) is 11.8. The second-order valence-corrected chi connectivity index (χ2v) is 6.48. The Labute approximate surface area is 116 Å². The molecule has 1 aromatic carbocycles. The summed E-state index contributed by atoms with van der Waals surface area (Å²) in [5, 5.41) is 6.89. The summed E-state index contributed by atoms with van der Waals surface area (Å²) in [5.41, 5.74) is 1.19. The van der Waals surface area contributed by atoms with Gasteiger partial charge in [-0.05, 0) is 25.0 Å². The van der Waals surface area contributed by atoms with E-state index in [2.05, 4.69) is 46.0 Å². The van der Waals surface area contributed by atoms with E-state index in [-0.39, 0.29) is 0 Å². The minimum absolute atomic E-state index is 0.758. The number of hydrogen-bond donors (Lipinski definition) is 1. The van der Waals surface area contributed by atoms with Crippen molar-refractivity contribution >= 4 is 23.1 Å². The fourth-order valence-electron chi connectivity index (χ4n) is 1.69. The van der Waals surface area contributed by atoms with Crippen molar-refractivity contribution in [3.05, 3.63) is 46.4 Å². The van der Waals surface area contributed by atoms with Crippen molar-refractivity contribution in [3.8, 4) is 0 Å². The summed E-state index contributed by atoms with van der Waals surface area (Å²) in [6.07, 6.45) is 2.67. The Morgan fingerprint density at radius 3 is 2.89 bits per heavy atom. The van der Waals surface area contributed by atoms with Crippen molar-refractivity contribution in [2.24, 2.45) is 0 Å². The maximum atomic E-state index is 4.66. The Kier molecular flexibility index (Phi) is 3.98. The van der Waals surface area contributed by atoms with Crippen LogP contribution in [0.5, 0.6) is 0 Å². The molecule has 4 heteroatoms. The summed E-state index contributed by atoms with van der Waals surface area (Å²) in [5.74, 6) is 0.970. The van der Waals surface area contributed by atoms with Crippen molar-refractivity contribution in [1.82, 2.24) is 10.3 Å². The molecule has 0 amide bonds. The van der Waals surface area contributed by atoms with E-state index in [4.69, 9.17) is 0 Å². The molecule has 18 heavy (non-hydrogen) atoms. The maximum absolute atomic E-state index is 4.66. The lowest BCUT2D eigenvalue weighted by atomic mass is 10.4. The van der Waals surface area contributed by atoms with Gasteiger partial charge in [-0.3, -0.25) is 0 Å². The normalized spacial score (nSPS) is 14.9. The summed E-state index contributed by atoms with van der Waals surface area (Å²) >= 11 is 3.62. The third-order valence-corrected chi connectivity index (χ3v) is 4.96. The van der Waals surface area contributed by atoms with Crippen LogP contribution >= 0.6 is 23.1 Å². The first-order valence-electron chi connectivity index (χ1n) is 6.25. The fourth-order valence-corrected chi connectivity index (χ4v) is 3.43. The van der Waals surface area contributed by atoms with Crippen LogP contribution in [0.3, 0.4) is 0 Å². The van der Waals surface area contributed by atoms with E-state index in [0.717, 1.165) is 18.3 Å². The average Bonchev–Trinajstić information content (AvgIpc) is 3.14. The molecular formula is C14H16N2S2. The van der Waals surface area contributed by atoms with Crippen molar-refractivity contribution in [3.63, 3.8) is 0 Å². The molecule has 94 valence electrons. The van der Waals surface area contributed by atoms with Crippen LogP contribution in [-0.2, 0) is 12.3 Å². The molecule has 0 unspecified atom stereocenters. The van der Waals surface area contributed by atoms with Gasteiger partial charge in [-0.15, -0.1) is 23.1 Å². The van der Waals surface area contributed by atoms with Crippen molar-refractivity contribution < 1.29 is 0 Å². The third kappa shape index (κ3) is 3.57. The van der Waals surface area contributed by atoms with Gasteiger partial charge < -0.3 is 5.32 Å². The fraction of sp³-hybridized carbons (Fsp3) is 0.357. The first-order chi connectivity index (χ1) is 8.90. The Morgan fingerprint density at radius 1 is 1.28 bits per heavy atom. The lowest BCUT2D eigenvalue weighted by Gasteiger charge is -1.99. The molecule has 0 bridgehead atoms. The molecule has 0 radical (unpaired) electrons. The van der Waals surface area contributed by atoms with E-state index in [9.17, 15) is 0 Å². The van der Waals surface area contributed by atoms with Crippen LogP contribution in [0.1, 0.15) is 23.5 Å². The van der Waals surface area contributed by atoms with Crippen LogP contribution in [-0.4, -0.2) is 11.0 Å². The Hall–Kier alpha value is -0.840. The quantitative estimate of drug-likeness (QED) is 0.815. The first-order valence-corrected chi connectivity index (χ1v) is 8.11.